The topological polar surface area (TPSA) is 162 Å². The maximum atomic E-state index is 13.0. The van der Waals surface area contributed by atoms with Gasteiger partial charge in [-0.25, -0.2) is 9.59 Å². The number of alkyl carbamates (subject to hydrolysis) is 1. The molecule has 1 heterocycles. The fourth-order valence-corrected chi connectivity index (χ4v) is 9.22. The van der Waals surface area contributed by atoms with Crippen molar-refractivity contribution in [2.75, 3.05) is 24.6 Å². The molecule has 336 valence electrons. The summed E-state index contributed by atoms with van der Waals surface area (Å²) in [7, 11) is -2.18. The van der Waals surface area contributed by atoms with Crippen molar-refractivity contribution in [1.82, 2.24) is 15.6 Å². The molecule has 0 saturated heterocycles. The van der Waals surface area contributed by atoms with E-state index in [4.69, 9.17) is 13.9 Å². The Morgan fingerprint density at radius 3 is 2.27 bits per heavy atom. The second kappa shape index (κ2) is 21.6. The molecule has 0 bridgehead atoms. The van der Waals surface area contributed by atoms with Crippen LogP contribution >= 0.6 is 0 Å². The van der Waals surface area contributed by atoms with Gasteiger partial charge in [0.15, 0.2) is 8.32 Å². The SMILES string of the molecule is CC(C)(C)[Si](C)(C)O[C@@H](CNCCCCCCOc1ccc(-c2ccccc2)c(N(C(=O)O)C2CCC(NC(=O)OCc3ccccc3)CC2)c1)c1ccc(O)c2[nH]c(=O)ccc12. The highest BCUT2D eigenvalue weighted by Crippen LogP contribution is 2.42. The van der Waals surface area contributed by atoms with E-state index in [2.05, 4.69) is 49.5 Å². The molecule has 0 spiro atoms. The molecule has 1 aliphatic rings. The van der Waals surface area contributed by atoms with Crippen molar-refractivity contribution in [3.05, 3.63) is 125 Å². The van der Waals surface area contributed by atoms with E-state index in [-0.39, 0.29) is 41.1 Å². The molecule has 0 unspecified atom stereocenters. The molecule has 5 aromatic rings. The van der Waals surface area contributed by atoms with Crippen molar-refractivity contribution >= 4 is 37.1 Å². The zero-order valence-electron chi connectivity index (χ0n) is 37.3. The van der Waals surface area contributed by atoms with Crippen LogP contribution in [-0.2, 0) is 15.8 Å². The summed E-state index contributed by atoms with van der Waals surface area (Å²) in [5, 5.41) is 28.5. The summed E-state index contributed by atoms with van der Waals surface area (Å²) in [6.07, 6.45) is 4.45. The average molecular weight is 877 g/mol. The first-order chi connectivity index (χ1) is 30.2. The summed E-state index contributed by atoms with van der Waals surface area (Å²) in [4.78, 5) is 42.0. The Bertz CT molecular complexity index is 2320. The predicted octanol–water partition coefficient (Wildman–Crippen LogP) is 10.9. The van der Waals surface area contributed by atoms with Crippen LogP contribution in [0.2, 0.25) is 18.1 Å². The van der Waals surface area contributed by atoms with E-state index in [1.807, 2.05) is 84.9 Å². The van der Waals surface area contributed by atoms with E-state index in [1.54, 1.807) is 12.1 Å². The number of ether oxygens (including phenoxy) is 2. The van der Waals surface area contributed by atoms with Crippen LogP contribution in [0.25, 0.3) is 22.0 Å². The van der Waals surface area contributed by atoms with Gasteiger partial charge in [-0.2, -0.15) is 0 Å². The zero-order chi connectivity index (χ0) is 45.0. The summed E-state index contributed by atoms with van der Waals surface area (Å²) >= 11 is 0. The number of carbonyl (C=O) groups is 2. The van der Waals surface area contributed by atoms with Crippen LogP contribution in [-0.4, -0.2) is 67.5 Å². The highest BCUT2D eigenvalue weighted by molar-refractivity contribution is 6.74. The van der Waals surface area contributed by atoms with Crippen molar-refractivity contribution < 1.29 is 33.7 Å². The molecule has 12 nitrogen and oxygen atoms in total. The fourth-order valence-electron chi connectivity index (χ4n) is 7.94. The van der Waals surface area contributed by atoms with Crippen LogP contribution in [0, 0.1) is 0 Å². The third-order valence-electron chi connectivity index (χ3n) is 12.5. The van der Waals surface area contributed by atoms with E-state index in [1.165, 1.54) is 11.0 Å². The number of unbranched alkanes of at least 4 members (excludes halogenated alkanes) is 3. The lowest BCUT2D eigenvalue weighted by molar-refractivity contribution is 0.132. The number of aromatic hydroxyl groups is 1. The van der Waals surface area contributed by atoms with Gasteiger partial charge in [-0.1, -0.05) is 100 Å². The molecule has 0 aliphatic heterocycles. The molecule has 1 aliphatic carbocycles. The van der Waals surface area contributed by atoms with Crippen molar-refractivity contribution in [3.8, 4) is 22.6 Å². The number of carboxylic acid groups (broad SMARTS) is 1. The molecule has 1 saturated carbocycles. The third kappa shape index (κ3) is 12.7. The number of phenols is 1. The lowest BCUT2D eigenvalue weighted by Gasteiger charge is -2.39. The summed E-state index contributed by atoms with van der Waals surface area (Å²) in [5.74, 6) is 0.651. The van der Waals surface area contributed by atoms with Gasteiger partial charge in [0, 0.05) is 41.7 Å². The molecule has 4 aromatic carbocycles. The second-order valence-corrected chi connectivity index (χ2v) is 22.8. The van der Waals surface area contributed by atoms with Gasteiger partial charge in [0.2, 0.25) is 5.56 Å². The minimum Gasteiger partial charge on any atom is -0.506 e. The van der Waals surface area contributed by atoms with Gasteiger partial charge in [0.1, 0.15) is 18.1 Å². The number of rotatable bonds is 19. The number of hydrogen-bond donors (Lipinski definition) is 5. The number of carbonyl (C=O) groups excluding carboxylic acids is 1. The van der Waals surface area contributed by atoms with Crippen LogP contribution in [0.1, 0.15) is 89.4 Å². The quantitative estimate of drug-likeness (QED) is 0.0401. The van der Waals surface area contributed by atoms with Gasteiger partial charge in [-0.3, -0.25) is 9.69 Å². The van der Waals surface area contributed by atoms with Crippen LogP contribution in [0.15, 0.2) is 108 Å². The van der Waals surface area contributed by atoms with E-state index in [0.717, 1.165) is 59.9 Å². The van der Waals surface area contributed by atoms with E-state index in [0.29, 0.717) is 55.8 Å². The maximum absolute atomic E-state index is 13.0. The number of aromatic amines is 1. The van der Waals surface area contributed by atoms with Crippen LogP contribution in [0.3, 0.4) is 0 Å². The standard InChI is InChI=1S/C50H64N4O8Si/c1-50(2,3)63(4,5)62-45(41-26-28-44(55)47-42(41)27-29-46(56)53-47)33-51-30-14-6-7-15-31-60-39-24-25-40(36-18-12-9-13-19-36)43(32-39)54(49(58)59)38-22-20-37(21-23-38)52-48(57)61-34-35-16-10-8-11-17-35/h8-13,16-19,24-29,32,37-38,45,51,55H,6-7,14-15,20-23,30-31,33-34H2,1-5H3,(H,52,57)(H,53,56)(H,58,59)/t37?,38?,45-/m0/s1. The van der Waals surface area contributed by atoms with E-state index < -0.39 is 20.5 Å². The fraction of sp³-hybridized carbons (Fsp3) is 0.420. The normalized spacial score (nSPS) is 16.0. The Morgan fingerprint density at radius 2 is 1.57 bits per heavy atom. The van der Waals surface area contributed by atoms with E-state index >= 15 is 0 Å². The molecule has 2 amide bonds. The molecule has 0 radical (unpaired) electrons. The minimum absolute atomic E-state index is 0.00402. The minimum atomic E-state index is -2.18. The smallest absolute Gasteiger partial charge is 0.412 e. The van der Waals surface area contributed by atoms with E-state index in [9.17, 15) is 24.6 Å². The Labute approximate surface area is 372 Å². The van der Waals surface area contributed by atoms with Crippen molar-refractivity contribution in [2.45, 2.75) is 115 Å². The maximum Gasteiger partial charge on any atom is 0.412 e. The highest BCUT2D eigenvalue weighted by Gasteiger charge is 2.40. The second-order valence-electron chi connectivity index (χ2n) is 18.0. The largest absolute Gasteiger partial charge is 0.506 e. The molecule has 1 atom stereocenters. The van der Waals surface area contributed by atoms with Gasteiger partial charge in [-0.15, -0.1) is 0 Å². The van der Waals surface area contributed by atoms with Crippen molar-refractivity contribution in [2.24, 2.45) is 0 Å². The van der Waals surface area contributed by atoms with Gasteiger partial charge in [0.25, 0.3) is 0 Å². The average Bonchev–Trinajstić information content (AvgIpc) is 3.26. The molecule has 6 rings (SSSR count). The van der Waals surface area contributed by atoms with Crippen molar-refractivity contribution in [1.29, 1.82) is 0 Å². The highest BCUT2D eigenvalue weighted by atomic mass is 28.4. The summed E-state index contributed by atoms with van der Waals surface area (Å²) in [6.45, 7) is 13.2. The van der Waals surface area contributed by atoms with Gasteiger partial charge in [-0.05, 0) is 104 Å². The molecular formula is C50H64N4O8Si. The number of hydrogen-bond acceptors (Lipinski definition) is 8. The molecular weight excluding hydrogens is 813 g/mol. The van der Waals surface area contributed by atoms with Crippen LogP contribution in [0.5, 0.6) is 11.5 Å². The number of pyridine rings is 1. The first-order valence-electron chi connectivity index (χ1n) is 22.3. The lowest BCUT2D eigenvalue weighted by Crippen LogP contribution is -2.46. The Hall–Kier alpha value is -5.63. The summed E-state index contributed by atoms with van der Waals surface area (Å²) in [6, 6.07) is 31.4. The summed E-state index contributed by atoms with van der Waals surface area (Å²) in [5.41, 5.74) is 4.31. The van der Waals surface area contributed by atoms with Gasteiger partial charge in [0.05, 0.1) is 23.9 Å². The number of fused-ring (bicyclic) bond motifs is 1. The Kier molecular flexibility index (Phi) is 16.1. The Balaban J connectivity index is 1.01. The predicted molar refractivity (Wildman–Crippen MR) is 252 cm³/mol. The Morgan fingerprint density at radius 1 is 0.873 bits per heavy atom. The lowest BCUT2D eigenvalue weighted by atomic mass is 9.89. The number of nitrogens with one attached hydrogen (secondary N) is 3. The number of phenolic OH excluding ortho intramolecular Hbond substituents is 1. The molecule has 1 aromatic heterocycles. The number of amides is 2. The van der Waals surface area contributed by atoms with Crippen molar-refractivity contribution in [3.63, 3.8) is 0 Å². The number of anilines is 1. The molecule has 1 fully saturated rings. The molecule has 13 heteroatoms. The molecule has 5 N–H and O–H groups in total. The van der Waals surface area contributed by atoms with Gasteiger partial charge >= 0.3 is 12.2 Å². The zero-order valence-corrected chi connectivity index (χ0v) is 38.3. The van der Waals surface area contributed by atoms with Crippen LogP contribution in [0.4, 0.5) is 15.3 Å². The number of H-pyrrole nitrogens is 1. The monoisotopic (exact) mass is 876 g/mol. The number of nitrogens with zero attached hydrogens (tertiary/aromatic N) is 1. The third-order valence-corrected chi connectivity index (χ3v) is 16.9. The summed E-state index contributed by atoms with van der Waals surface area (Å²) < 4.78 is 18.6. The number of aromatic nitrogens is 1. The first kappa shape index (κ1) is 46.9. The van der Waals surface area contributed by atoms with Crippen LogP contribution < -0.4 is 25.8 Å². The molecule has 63 heavy (non-hydrogen) atoms. The number of benzene rings is 4. The van der Waals surface area contributed by atoms with Gasteiger partial charge < -0.3 is 39.7 Å². The first-order valence-corrected chi connectivity index (χ1v) is 25.2.